The van der Waals surface area contributed by atoms with E-state index in [0.717, 1.165) is 40.5 Å². The van der Waals surface area contributed by atoms with E-state index < -0.39 is 0 Å². The van der Waals surface area contributed by atoms with Gasteiger partial charge in [0.2, 0.25) is 6.79 Å². The van der Waals surface area contributed by atoms with E-state index in [0.29, 0.717) is 24.8 Å². The summed E-state index contributed by atoms with van der Waals surface area (Å²) in [6, 6.07) is 10.0. The summed E-state index contributed by atoms with van der Waals surface area (Å²) in [5.41, 5.74) is 3.30. The third-order valence-corrected chi connectivity index (χ3v) is 5.00. The van der Waals surface area contributed by atoms with Crippen molar-refractivity contribution < 1.29 is 18.9 Å². The summed E-state index contributed by atoms with van der Waals surface area (Å²) in [6.45, 7) is 6.13. The molecule has 2 N–H and O–H groups in total. The second-order valence-corrected chi connectivity index (χ2v) is 7.27. The van der Waals surface area contributed by atoms with Gasteiger partial charge in [0, 0.05) is 30.6 Å². The molecule has 0 fully saturated rings. The van der Waals surface area contributed by atoms with E-state index in [1.165, 1.54) is 5.56 Å². The zero-order chi connectivity index (χ0) is 19.5. The van der Waals surface area contributed by atoms with Crippen LogP contribution in [0.4, 0.5) is 0 Å². The molecule has 0 aliphatic carbocycles. The molecule has 0 aromatic heterocycles. The van der Waals surface area contributed by atoms with Crippen molar-refractivity contribution in [2.24, 2.45) is 0 Å². The maximum absolute atomic E-state index is 5.88. The first kappa shape index (κ1) is 18.7. The topological polar surface area (TPSA) is 61.0 Å². The Labute approximate surface area is 170 Å². The monoisotopic (exact) mass is 400 g/mol. The van der Waals surface area contributed by atoms with Gasteiger partial charge >= 0.3 is 0 Å². The Morgan fingerprint density at radius 1 is 1.11 bits per heavy atom. The molecule has 0 saturated heterocycles. The molecule has 28 heavy (non-hydrogen) atoms. The van der Waals surface area contributed by atoms with Crippen molar-refractivity contribution in [3.8, 4) is 23.0 Å². The number of rotatable bonds is 6. The molecule has 4 rings (SSSR count). The molecule has 0 saturated carbocycles. The second kappa shape index (κ2) is 8.14. The van der Waals surface area contributed by atoms with Crippen molar-refractivity contribution in [1.29, 1.82) is 0 Å². The first-order valence-electron chi connectivity index (χ1n) is 9.48. The van der Waals surface area contributed by atoms with E-state index in [-0.39, 0.29) is 12.9 Å². The van der Waals surface area contributed by atoms with Crippen LogP contribution < -0.4 is 29.6 Å². The highest BCUT2D eigenvalue weighted by atomic mass is 32.1. The Balaban J connectivity index is 1.35. The second-order valence-electron chi connectivity index (χ2n) is 6.86. The molecule has 1 atom stereocenters. The molecule has 2 heterocycles. The Hall–Kier alpha value is -2.67. The molecule has 0 radical (unpaired) electrons. The van der Waals surface area contributed by atoms with Crippen LogP contribution in [0.5, 0.6) is 23.0 Å². The molecule has 0 bridgehead atoms. The average Bonchev–Trinajstić information content (AvgIpc) is 3.29. The summed E-state index contributed by atoms with van der Waals surface area (Å²) in [5, 5.41) is 7.05. The normalized spacial score (nSPS) is 16.3. The standard InChI is InChI=1S/C21H24N2O4S/c1-3-24-18-8-15-6-13(2)27-19(15)9-16(18)11-23-21(28)22-10-14-4-5-17-20(7-14)26-12-25-17/h4-5,7-9,13H,3,6,10-12H2,1-2H3,(H2,22,23,28)/t13-/m1/s1. The number of fused-ring (bicyclic) bond motifs is 2. The van der Waals surface area contributed by atoms with Gasteiger partial charge < -0.3 is 29.6 Å². The lowest BCUT2D eigenvalue weighted by Gasteiger charge is -2.15. The van der Waals surface area contributed by atoms with E-state index in [4.69, 9.17) is 31.2 Å². The summed E-state index contributed by atoms with van der Waals surface area (Å²) in [5.74, 6) is 3.37. The molecule has 0 unspecified atom stereocenters. The Morgan fingerprint density at radius 3 is 2.79 bits per heavy atom. The highest BCUT2D eigenvalue weighted by molar-refractivity contribution is 7.80. The minimum atomic E-state index is 0.206. The third kappa shape index (κ3) is 4.09. The molecule has 0 spiro atoms. The highest BCUT2D eigenvalue weighted by Gasteiger charge is 2.22. The number of ether oxygens (including phenoxy) is 4. The Bertz CT molecular complexity index is 887. The van der Waals surface area contributed by atoms with Gasteiger partial charge in [-0.15, -0.1) is 0 Å². The number of thiocarbonyl (C=S) groups is 1. The van der Waals surface area contributed by atoms with Gasteiger partial charge in [-0.25, -0.2) is 0 Å². The lowest BCUT2D eigenvalue weighted by Crippen LogP contribution is -2.34. The summed E-state index contributed by atoms with van der Waals surface area (Å²) in [4.78, 5) is 0. The van der Waals surface area contributed by atoms with Crippen LogP contribution in [0.3, 0.4) is 0 Å². The van der Waals surface area contributed by atoms with E-state index in [1.54, 1.807) is 0 Å². The predicted octanol–water partition coefficient (Wildman–Crippen LogP) is 3.30. The fourth-order valence-electron chi connectivity index (χ4n) is 3.38. The van der Waals surface area contributed by atoms with Gasteiger partial charge in [0.15, 0.2) is 16.6 Å². The molecule has 2 aromatic carbocycles. The number of hydrogen-bond acceptors (Lipinski definition) is 5. The van der Waals surface area contributed by atoms with Crippen LogP contribution in [0.25, 0.3) is 0 Å². The van der Waals surface area contributed by atoms with Crippen molar-refractivity contribution in [2.75, 3.05) is 13.4 Å². The SMILES string of the molecule is CCOc1cc2c(cc1CNC(=S)NCc1ccc3c(c1)OCO3)O[C@H](C)C2. The van der Waals surface area contributed by atoms with Crippen LogP contribution >= 0.6 is 12.2 Å². The molecule has 7 heteroatoms. The molecule has 2 aliphatic heterocycles. The maximum Gasteiger partial charge on any atom is 0.231 e. The largest absolute Gasteiger partial charge is 0.494 e. The van der Waals surface area contributed by atoms with E-state index in [9.17, 15) is 0 Å². The molecular weight excluding hydrogens is 376 g/mol. The molecule has 0 amide bonds. The minimum Gasteiger partial charge on any atom is -0.494 e. The summed E-state index contributed by atoms with van der Waals surface area (Å²) >= 11 is 5.43. The van der Waals surface area contributed by atoms with Gasteiger partial charge in [-0.05, 0) is 55.9 Å². The number of benzene rings is 2. The lowest BCUT2D eigenvalue weighted by atomic mass is 10.1. The van der Waals surface area contributed by atoms with Crippen LogP contribution in [0, 0.1) is 0 Å². The van der Waals surface area contributed by atoms with E-state index in [2.05, 4.69) is 29.7 Å². The van der Waals surface area contributed by atoms with Crippen LogP contribution in [0.1, 0.15) is 30.5 Å². The highest BCUT2D eigenvalue weighted by Crippen LogP contribution is 2.35. The summed E-state index contributed by atoms with van der Waals surface area (Å²) in [7, 11) is 0. The third-order valence-electron chi connectivity index (χ3n) is 4.71. The zero-order valence-corrected chi connectivity index (χ0v) is 16.9. The first-order valence-corrected chi connectivity index (χ1v) is 9.88. The van der Waals surface area contributed by atoms with Gasteiger partial charge in [-0.1, -0.05) is 6.07 Å². The summed E-state index contributed by atoms with van der Waals surface area (Å²) in [6.07, 6.45) is 1.12. The van der Waals surface area contributed by atoms with Crippen molar-refractivity contribution in [1.82, 2.24) is 10.6 Å². The average molecular weight is 401 g/mol. The van der Waals surface area contributed by atoms with E-state index >= 15 is 0 Å². The Morgan fingerprint density at radius 2 is 1.93 bits per heavy atom. The molecule has 6 nitrogen and oxygen atoms in total. The van der Waals surface area contributed by atoms with Crippen molar-refractivity contribution in [3.63, 3.8) is 0 Å². The van der Waals surface area contributed by atoms with Crippen LogP contribution in [-0.2, 0) is 19.5 Å². The number of nitrogens with one attached hydrogen (secondary N) is 2. The zero-order valence-electron chi connectivity index (χ0n) is 16.0. The fourth-order valence-corrected chi connectivity index (χ4v) is 3.53. The van der Waals surface area contributed by atoms with Crippen molar-refractivity contribution >= 4 is 17.3 Å². The van der Waals surface area contributed by atoms with Crippen molar-refractivity contribution in [2.45, 2.75) is 39.5 Å². The van der Waals surface area contributed by atoms with Crippen molar-refractivity contribution in [3.05, 3.63) is 47.0 Å². The van der Waals surface area contributed by atoms with Gasteiger partial charge in [0.05, 0.1) is 6.61 Å². The van der Waals surface area contributed by atoms with Gasteiger partial charge in [-0.3, -0.25) is 0 Å². The number of hydrogen-bond donors (Lipinski definition) is 2. The lowest BCUT2D eigenvalue weighted by molar-refractivity contribution is 0.174. The molecule has 148 valence electrons. The molecular formula is C21H24N2O4S. The van der Waals surface area contributed by atoms with Crippen LogP contribution in [0.2, 0.25) is 0 Å². The first-order chi connectivity index (χ1) is 13.6. The Kier molecular flexibility index (Phi) is 5.43. The van der Waals surface area contributed by atoms with Gasteiger partial charge in [-0.2, -0.15) is 0 Å². The van der Waals surface area contributed by atoms with Gasteiger partial charge in [0.1, 0.15) is 17.6 Å². The smallest absolute Gasteiger partial charge is 0.231 e. The molecule has 2 aliphatic rings. The van der Waals surface area contributed by atoms with Crippen LogP contribution in [0.15, 0.2) is 30.3 Å². The fraction of sp³-hybridized carbons (Fsp3) is 0.381. The predicted molar refractivity (Wildman–Crippen MR) is 110 cm³/mol. The minimum absolute atomic E-state index is 0.206. The van der Waals surface area contributed by atoms with Crippen LogP contribution in [-0.4, -0.2) is 24.6 Å². The van der Waals surface area contributed by atoms with Gasteiger partial charge in [0.25, 0.3) is 0 Å². The molecule has 2 aromatic rings. The van der Waals surface area contributed by atoms with E-state index in [1.807, 2.05) is 25.1 Å². The summed E-state index contributed by atoms with van der Waals surface area (Å²) < 4.78 is 22.4. The maximum atomic E-state index is 5.88. The quantitative estimate of drug-likeness (QED) is 0.722.